The maximum absolute atomic E-state index is 13.4. The van der Waals surface area contributed by atoms with Gasteiger partial charge in [-0.1, -0.05) is 243 Å². The van der Waals surface area contributed by atoms with Crippen LogP contribution < -0.4 is 5.32 Å². The number of esters is 1. The quantitative estimate of drug-likeness (QED) is 0.0195. The summed E-state index contributed by atoms with van der Waals surface area (Å²) in [6.45, 7) is 5.76. The molecule has 1 heterocycles. The van der Waals surface area contributed by atoms with Crippen molar-refractivity contribution in [2.75, 3.05) is 13.2 Å². The van der Waals surface area contributed by atoms with Crippen molar-refractivity contribution in [3.8, 4) is 0 Å². The lowest BCUT2D eigenvalue weighted by molar-refractivity contribution is -0.305. The number of hydrogen-bond donors (Lipinski definition) is 6. The fourth-order valence-corrected chi connectivity index (χ4v) is 9.27. The van der Waals surface area contributed by atoms with Crippen molar-refractivity contribution < 1.29 is 49.3 Å². The number of allylic oxidation sites excluding steroid dienone is 5. The van der Waals surface area contributed by atoms with E-state index >= 15 is 0 Å². The Bertz CT molecular complexity index is 1290. The molecule has 0 radical (unpaired) electrons. The molecule has 8 unspecified atom stereocenters. The molecular weight excluding hydrogens is 895 g/mol. The maximum atomic E-state index is 13.4. The predicted octanol–water partition coefficient (Wildman–Crippen LogP) is 13.5. The van der Waals surface area contributed by atoms with E-state index in [1.807, 2.05) is 6.08 Å². The summed E-state index contributed by atoms with van der Waals surface area (Å²) >= 11 is 0. The molecule has 1 fully saturated rings. The summed E-state index contributed by atoms with van der Waals surface area (Å²) in [7, 11) is 0. The van der Waals surface area contributed by atoms with Crippen LogP contribution in [0, 0.1) is 0 Å². The monoisotopic (exact) mass is 1010 g/mol. The fraction of sp³-hybridized carbons (Fsp3) is 0.867. The molecule has 1 amide bonds. The Morgan fingerprint density at radius 1 is 0.549 bits per heavy atom. The van der Waals surface area contributed by atoms with E-state index in [-0.39, 0.29) is 13.0 Å². The highest BCUT2D eigenvalue weighted by Crippen LogP contribution is 2.26. The zero-order valence-electron chi connectivity index (χ0n) is 45.9. The third-order valence-corrected chi connectivity index (χ3v) is 14.0. The number of nitrogens with one attached hydrogen (secondary N) is 1. The highest BCUT2D eigenvalue weighted by molar-refractivity contribution is 5.80. The van der Waals surface area contributed by atoms with Gasteiger partial charge in [0.15, 0.2) is 12.4 Å². The van der Waals surface area contributed by atoms with Crippen LogP contribution in [0.15, 0.2) is 36.5 Å². The normalized spacial score (nSPS) is 19.8. The summed E-state index contributed by atoms with van der Waals surface area (Å²) in [4.78, 5) is 26.5. The Morgan fingerprint density at radius 3 is 1.46 bits per heavy atom. The lowest BCUT2D eigenvalue weighted by Crippen LogP contribution is -2.61. The van der Waals surface area contributed by atoms with Crippen LogP contribution >= 0.6 is 0 Å². The lowest BCUT2D eigenvalue weighted by atomic mass is 9.99. The van der Waals surface area contributed by atoms with Gasteiger partial charge in [-0.05, 0) is 57.8 Å². The van der Waals surface area contributed by atoms with Gasteiger partial charge in [-0.25, -0.2) is 0 Å². The Morgan fingerprint density at radius 2 is 0.972 bits per heavy atom. The van der Waals surface area contributed by atoms with E-state index in [1.54, 1.807) is 6.08 Å². The van der Waals surface area contributed by atoms with Crippen LogP contribution in [0.2, 0.25) is 0 Å². The van der Waals surface area contributed by atoms with Crippen LogP contribution in [0.4, 0.5) is 0 Å². The van der Waals surface area contributed by atoms with Gasteiger partial charge < -0.3 is 45.1 Å². The van der Waals surface area contributed by atoms with E-state index in [1.165, 1.54) is 148 Å². The smallest absolute Gasteiger partial charge is 0.306 e. The van der Waals surface area contributed by atoms with Crippen LogP contribution in [0.1, 0.15) is 271 Å². The zero-order chi connectivity index (χ0) is 51.8. The number of hydrogen-bond acceptors (Lipinski definition) is 10. The van der Waals surface area contributed by atoms with E-state index in [0.29, 0.717) is 19.3 Å². The molecule has 1 rings (SSSR count). The molecule has 0 aromatic rings. The molecule has 71 heavy (non-hydrogen) atoms. The number of aliphatic hydroxyl groups excluding tert-OH is 5. The number of rotatable bonds is 50. The largest absolute Gasteiger partial charge is 0.454 e. The predicted molar refractivity (Wildman–Crippen MR) is 292 cm³/mol. The van der Waals surface area contributed by atoms with Crippen molar-refractivity contribution in [1.82, 2.24) is 5.32 Å². The van der Waals surface area contributed by atoms with Crippen molar-refractivity contribution in [2.45, 2.75) is 320 Å². The standard InChI is InChI=1S/C60H111NO10/c1-4-7-10-13-16-19-22-24-26-27-28-30-33-36-39-42-45-48-55(65)71-58-57(67)56(66)54(49-62)70-60(58)69-50-51(52(63)46-43-40-37-34-31-21-18-15-12-9-6-3)61-59(68)53(64)47-44-41-38-35-32-29-25-23-20-17-14-11-8-5-2/h16,19,24,26,43,46,51-54,56-58,60,62-64,66-67H,4-15,17-18,20-23,25,27-42,44-45,47-50H2,1-3H3,(H,61,68)/b19-16-,26-24-,46-43+. The average molecular weight is 1010 g/mol. The molecule has 0 aliphatic carbocycles. The summed E-state index contributed by atoms with van der Waals surface area (Å²) in [5.41, 5.74) is 0. The third kappa shape index (κ3) is 37.3. The first-order chi connectivity index (χ1) is 34.7. The van der Waals surface area contributed by atoms with E-state index < -0.39 is 67.4 Å². The Balaban J connectivity index is 2.69. The SMILES string of the molecule is CCCCC/C=C\C/C=C\CCCCCCCCCC(=O)OC1C(OCC(NC(=O)C(O)CCCCCCCCCCCCCCCC)C(O)/C=C/CCCCCCCCCCC)OC(CO)C(O)C1O. The summed E-state index contributed by atoms with van der Waals surface area (Å²) in [6, 6.07) is -1.02. The van der Waals surface area contributed by atoms with Gasteiger partial charge in [0, 0.05) is 6.42 Å². The van der Waals surface area contributed by atoms with Gasteiger partial charge in [-0.2, -0.15) is 0 Å². The van der Waals surface area contributed by atoms with Gasteiger partial charge in [0.25, 0.3) is 0 Å². The second-order valence-corrected chi connectivity index (χ2v) is 20.7. The van der Waals surface area contributed by atoms with E-state index in [9.17, 15) is 35.1 Å². The van der Waals surface area contributed by atoms with Crippen molar-refractivity contribution in [1.29, 1.82) is 0 Å². The minimum absolute atomic E-state index is 0.117. The minimum Gasteiger partial charge on any atom is -0.454 e. The summed E-state index contributed by atoms with van der Waals surface area (Å²) in [6.07, 6.45) is 46.1. The van der Waals surface area contributed by atoms with E-state index in [0.717, 1.165) is 77.0 Å². The second kappa shape index (κ2) is 48.8. The van der Waals surface area contributed by atoms with Crippen LogP contribution in [-0.4, -0.2) is 99.6 Å². The van der Waals surface area contributed by atoms with Crippen molar-refractivity contribution >= 4 is 11.9 Å². The first-order valence-electron chi connectivity index (χ1n) is 29.8. The number of unbranched alkanes of at least 4 members (excludes halogenated alkanes) is 32. The molecule has 1 aliphatic rings. The van der Waals surface area contributed by atoms with Crippen LogP contribution in [-0.2, 0) is 23.8 Å². The van der Waals surface area contributed by atoms with Gasteiger partial charge in [0.2, 0.25) is 5.91 Å². The van der Waals surface area contributed by atoms with E-state index in [2.05, 4.69) is 50.4 Å². The van der Waals surface area contributed by atoms with Crippen molar-refractivity contribution in [3.05, 3.63) is 36.5 Å². The molecule has 0 aromatic carbocycles. The average Bonchev–Trinajstić information content (AvgIpc) is 3.37. The molecule has 1 saturated heterocycles. The summed E-state index contributed by atoms with van der Waals surface area (Å²) in [5, 5.41) is 56.8. The van der Waals surface area contributed by atoms with Crippen molar-refractivity contribution in [3.63, 3.8) is 0 Å². The van der Waals surface area contributed by atoms with Gasteiger partial charge >= 0.3 is 5.97 Å². The van der Waals surface area contributed by atoms with Gasteiger partial charge in [-0.15, -0.1) is 0 Å². The molecule has 0 spiro atoms. The Hall–Kier alpha value is -2.12. The minimum atomic E-state index is -1.61. The van der Waals surface area contributed by atoms with Crippen LogP contribution in [0.25, 0.3) is 0 Å². The number of carbonyl (C=O) groups is 2. The number of ether oxygens (including phenoxy) is 3. The highest BCUT2D eigenvalue weighted by Gasteiger charge is 2.47. The molecule has 8 atom stereocenters. The number of carbonyl (C=O) groups excluding carboxylic acids is 2. The number of amides is 1. The molecule has 1 aliphatic heterocycles. The molecule has 11 heteroatoms. The maximum Gasteiger partial charge on any atom is 0.306 e. The molecule has 0 saturated carbocycles. The highest BCUT2D eigenvalue weighted by atomic mass is 16.7. The summed E-state index contributed by atoms with van der Waals surface area (Å²) < 4.78 is 17.6. The van der Waals surface area contributed by atoms with E-state index in [4.69, 9.17) is 14.2 Å². The second-order valence-electron chi connectivity index (χ2n) is 20.7. The summed E-state index contributed by atoms with van der Waals surface area (Å²) in [5.74, 6) is -1.19. The first-order valence-corrected chi connectivity index (χ1v) is 29.8. The van der Waals surface area contributed by atoms with Crippen LogP contribution in [0.3, 0.4) is 0 Å². The topological polar surface area (TPSA) is 175 Å². The van der Waals surface area contributed by atoms with Crippen LogP contribution in [0.5, 0.6) is 0 Å². The molecule has 416 valence electrons. The van der Waals surface area contributed by atoms with Gasteiger partial charge in [-0.3, -0.25) is 9.59 Å². The molecule has 11 nitrogen and oxygen atoms in total. The van der Waals surface area contributed by atoms with Crippen molar-refractivity contribution in [2.24, 2.45) is 0 Å². The third-order valence-electron chi connectivity index (χ3n) is 14.0. The first kappa shape index (κ1) is 66.9. The molecular formula is C60H111NO10. The zero-order valence-corrected chi connectivity index (χ0v) is 45.9. The Kier molecular flexibility index (Phi) is 46.0. The van der Waals surface area contributed by atoms with Gasteiger partial charge in [0.05, 0.1) is 25.4 Å². The Labute approximate surface area is 434 Å². The fourth-order valence-electron chi connectivity index (χ4n) is 9.27. The molecule has 0 aromatic heterocycles. The van der Waals surface area contributed by atoms with Gasteiger partial charge in [0.1, 0.15) is 24.4 Å². The molecule has 6 N–H and O–H groups in total. The molecule has 0 bridgehead atoms. The number of aliphatic hydroxyl groups is 5. The lowest BCUT2D eigenvalue weighted by Gasteiger charge is -2.41.